The zero-order valence-corrected chi connectivity index (χ0v) is 10.9. The molecule has 0 unspecified atom stereocenters. The topological polar surface area (TPSA) is 79.9 Å². The molecule has 19 heavy (non-hydrogen) atoms. The van der Waals surface area contributed by atoms with Gasteiger partial charge in [0.15, 0.2) is 0 Å². The molecule has 1 heterocycles. The van der Waals surface area contributed by atoms with Crippen molar-refractivity contribution in [1.82, 2.24) is 20.5 Å². The average Bonchev–Trinajstić information content (AvgIpc) is 2.89. The highest BCUT2D eigenvalue weighted by Crippen LogP contribution is 2.13. The minimum absolute atomic E-state index is 0.117. The summed E-state index contributed by atoms with van der Waals surface area (Å²) < 4.78 is 5.51. The number of amides is 1. The normalized spacial score (nSPS) is 10.5. The van der Waals surface area contributed by atoms with E-state index < -0.39 is 0 Å². The van der Waals surface area contributed by atoms with Gasteiger partial charge in [0.2, 0.25) is 0 Å². The number of aromatic nitrogens is 3. The molecule has 1 amide bonds. The Hall–Kier alpha value is -2.37. The fourth-order valence-corrected chi connectivity index (χ4v) is 1.54. The number of H-pyrrole nitrogens is 1. The molecule has 0 aliphatic carbocycles. The first-order chi connectivity index (χ1) is 9.15. The summed E-state index contributed by atoms with van der Waals surface area (Å²) in [7, 11) is 0. The second-order valence-electron chi connectivity index (χ2n) is 4.31. The highest BCUT2D eigenvalue weighted by molar-refractivity contribution is 5.94. The third-order valence-electron chi connectivity index (χ3n) is 2.37. The summed E-state index contributed by atoms with van der Waals surface area (Å²) in [6.45, 7) is 4.24. The second-order valence-corrected chi connectivity index (χ2v) is 4.31. The molecule has 100 valence electrons. The molecule has 0 fully saturated rings. The van der Waals surface area contributed by atoms with Crippen molar-refractivity contribution in [2.45, 2.75) is 26.5 Å². The van der Waals surface area contributed by atoms with Gasteiger partial charge >= 0.3 is 0 Å². The third-order valence-corrected chi connectivity index (χ3v) is 2.37. The Bertz CT molecular complexity index is 520. The van der Waals surface area contributed by atoms with Gasteiger partial charge in [-0.15, -0.1) is 0 Å². The molecule has 0 spiro atoms. The van der Waals surface area contributed by atoms with Crippen LogP contribution in [-0.2, 0) is 6.54 Å². The first-order valence-corrected chi connectivity index (χ1v) is 6.04. The third kappa shape index (κ3) is 3.80. The van der Waals surface area contributed by atoms with Crippen molar-refractivity contribution < 1.29 is 9.53 Å². The molecule has 0 atom stereocenters. The molecule has 0 bridgehead atoms. The van der Waals surface area contributed by atoms with Crippen LogP contribution in [-0.4, -0.2) is 27.2 Å². The number of hydrogen-bond donors (Lipinski definition) is 2. The lowest BCUT2D eigenvalue weighted by Gasteiger charge is -2.10. The van der Waals surface area contributed by atoms with Crippen LogP contribution in [0.3, 0.4) is 0 Å². The van der Waals surface area contributed by atoms with Crippen LogP contribution in [0, 0.1) is 0 Å². The van der Waals surface area contributed by atoms with E-state index in [-0.39, 0.29) is 12.0 Å². The van der Waals surface area contributed by atoms with E-state index >= 15 is 0 Å². The molecule has 0 aliphatic rings. The van der Waals surface area contributed by atoms with Crippen molar-refractivity contribution in [3.05, 3.63) is 42.0 Å². The highest BCUT2D eigenvalue weighted by Gasteiger charge is 2.06. The summed E-state index contributed by atoms with van der Waals surface area (Å²) in [5.41, 5.74) is 0.579. The summed E-state index contributed by atoms with van der Waals surface area (Å²) >= 11 is 0. The van der Waals surface area contributed by atoms with Gasteiger partial charge in [-0.3, -0.25) is 9.89 Å². The molecule has 1 aromatic heterocycles. The van der Waals surface area contributed by atoms with E-state index in [0.717, 1.165) is 5.75 Å². The number of hydrogen-bond acceptors (Lipinski definition) is 4. The minimum atomic E-state index is -0.160. The number of rotatable bonds is 5. The van der Waals surface area contributed by atoms with E-state index in [9.17, 15) is 4.79 Å². The largest absolute Gasteiger partial charge is 0.491 e. The van der Waals surface area contributed by atoms with Crippen molar-refractivity contribution in [3.63, 3.8) is 0 Å². The standard InChI is InChI=1S/C13H16N4O2/c1-9(2)19-11-5-3-10(4-6-11)13(18)14-7-12-15-8-16-17-12/h3-6,8-9H,7H2,1-2H3,(H,14,18)(H,15,16,17). The Labute approximate surface area is 111 Å². The van der Waals surface area contributed by atoms with Gasteiger partial charge in [0.05, 0.1) is 12.6 Å². The van der Waals surface area contributed by atoms with Crippen molar-refractivity contribution in [3.8, 4) is 5.75 Å². The number of ether oxygens (including phenoxy) is 1. The molecule has 2 aromatic rings. The maximum absolute atomic E-state index is 11.9. The van der Waals surface area contributed by atoms with Crippen LogP contribution in [0.1, 0.15) is 30.0 Å². The van der Waals surface area contributed by atoms with Crippen molar-refractivity contribution in [2.24, 2.45) is 0 Å². The molecule has 6 nitrogen and oxygen atoms in total. The van der Waals surface area contributed by atoms with Gasteiger partial charge in [0, 0.05) is 5.56 Å². The van der Waals surface area contributed by atoms with Crippen molar-refractivity contribution in [1.29, 1.82) is 0 Å². The number of nitrogens with zero attached hydrogens (tertiary/aromatic N) is 2. The first-order valence-electron chi connectivity index (χ1n) is 6.04. The number of aromatic amines is 1. The predicted molar refractivity (Wildman–Crippen MR) is 69.8 cm³/mol. The van der Waals surface area contributed by atoms with Gasteiger partial charge in [-0.2, -0.15) is 5.10 Å². The lowest BCUT2D eigenvalue weighted by molar-refractivity contribution is 0.0950. The van der Waals surface area contributed by atoms with E-state index in [1.54, 1.807) is 24.3 Å². The van der Waals surface area contributed by atoms with E-state index in [0.29, 0.717) is 17.9 Å². The monoisotopic (exact) mass is 260 g/mol. The maximum atomic E-state index is 11.9. The van der Waals surface area contributed by atoms with E-state index in [1.807, 2.05) is 13.8 Å². The molecule has 6 heteroatoms. The van der Waals surface area contributed by atoms with Crippen LogP contribution in [0.25, 0.3) is 0 Å². The molecule has 2 rings (SSSR count). The quantitative estimate of drug-likeness (QED) is 0.854. The van der Waals surface area contributed by atoms with Crippen LogP contribution in [0.5, 0.6) is 5.75 Å². The van der Waals surface area contributed by atoms with Crippen LogP contribution < -0.4 is 10.1 Å². The summed E-state index contributed by atoms with van der Waals surface area (Å²) in [4.78, 5) is 15.8. The number of benzene rings is 1. The smallest absolute Gasteiger partial charge is 0.251 e. The summed E-state index contributed by atoms with van der Waals surface area (Å²) in [6.07, 6.45) is 1.52. The van der Waals surface area contributed by atoms with Crippen LogP contribution in [0.4, 0.5) is 0 Å². The van der Waals surface area contributed by atoms with Crippen LogP contribution in [0.15, 0.2) is 30.6 Å². The number of carbonyl (C=O) groups is 1. The molecular formula is C13H16N4O2. The van der Waals surface area contributed by atoms with Gasteiger partial charge < -0.3 is 10.1 Å². The van der Waals surface area contributed by atoms with Crippen molar-refractivity contribution in [2.75, 3.05) is 0 Å². The lowest BCUT2D eigenvalue weighted by Crippen LogP contribution is -2.23. The Morgan fingerprint density at radius 1 is 1.37 bits per heavy atom. The molecule has 0 aliphatic heterocycles. The molecular weight excluding hydrogens is 244 g/mol. The van der Waals surface area contributed by atoms with Crippen molar-refractivity contribution >= 4 is 5.91 Å². The fourth-order valence-electron chi connectivity index (χ4n) is 1.54. The highest BCUT2D eigenvalue weighted by atomic mass is 16.5. The van der Waals surface area contributed by atoms with Crippen LogP contribution in [0.2, 0.25) is 0 Å². The number of nitrogens with one attached hydrogen (secondary N) is 2. The summed E-state index contributed by atoms with van der Waals surface area (Å²) in [5.74, 6) is 1.21. The predicted octanol–water partition coefficient (Wildman–Crippen LogP) is 1.52. The lowest BCUT2D eigenvalue weighted by atomic mass is 10.2. The SMILES string of the molecule is CC(C)Oc1ccc(C(=O)NCc2ncn[nH]2)cc1. The van der Waals surface area contributed by atoms with Gasteiger partial charge in [-0.25, -0.2) is 4.98 Å². The Balaban J connectivity index is 1.92. The number of carbonyl (C=O) groups excluding carboxylic acids is 1. The maximum Gasteiger partial charge on any atom is 0.251 e. The van der Waals surface area contributed by atoms with Gasteiger partial charge in [0.1, 0.15) is 17.9 Å². The van der Waals surface area contributed by atoms with E-state index in [1.165, 1.54) is 6.33 Å². The van der Waals surface area contributed by atoms with Gasteiger partial charge in [-0.05, 0) is 38.1 Å². The van der Waals surface area contributed by atoms with Gasteiger partial charge in [0.25, 0.3) is 5.91 Å². The zero-order chi connectivity index (χ0) is 13.7. The molecule has 0 radical (unpaired) electrons. The summed E-state index contributed by atoms with van der Waals surface area (Å²) in [6, 6.07) is 7.02. The molecule has 0 saturated carbocycles. The van der Waals surface area contributed by atoms with E-state index in [4.69, 9.17) is 4.74 Å². The van der Waals surface area contributed by atoms with E-state index in [2.05, 4.69) is 20.5 Å². The average molecular weight is 260 g/mol. The summed E-state index contributed by atoms with van der Waals surface area (Å²) in [5, 5.41) is 9.13. The minimum Gasteiger partial charge on any atom is -0.491 e. The Morgan fingerprint density at radius 2 is 2.11 bits per heavy atom. The molecule has 2 N–H and O–H groups in total. The second kappa shape index (κ2) is 5.99. The van der Waals surface area contributed by atoms with Crippen LogP contribution >= 0.6 is 0 Å². The Kier molecular flexibility index (Phi) is 4.12. The van der Waals surface area contributed by atoms with Gasteiger partial charge in [-0.1, -0.05) is 0 Å². The Morgan fingerprint density at radius 3 is 2.68 bits per heavy atom. The molecule has 0 saturated heterocycles. The zero-order valence-electron chi connectivity index (χ0n) is 10.9. The fraction of sp³-hybridized carbons (Fsp3) is 0.308. The first kappa shape index (κ1) is 13.1. The molecule has 1 aromatic carbocycles.